The van der Waals surface area contributed by atoms with Gasteiger partial charge in [-0.05, 0) is 30.5 Å². The van der Waals surface area contributed by atoms with Gasteiger partial charge in [0.05, 0.1) is 10.7 Å². The Bertz CT molecular complexity index is 908. The molecule has 1 aliphatic rings. The van der Waals surface area contributed by atoms with Crippen molar-refractivity contribution in [3.63, 3.8) is 0 Å². The molecule has 0 N–H and O–H groups in total. The van der Waals surface area contributed by atoms with Crippen molar-refractivity contribution in [2.24, 2.45) is 0 Å². The fraction of sp³-hybridized carbons (Fsp3) is 0.381. The summed E-state index contributed by atoms with van der Waals surface area (Å²) in [4.78, 5) is 11.4. The molecule has 4 rings (SSSR count). The van der Waals surface area contributed by atoms with Crippen LogP contribution in [0.5, 0.6) is 0 Å². The SMILES string of the molecule is COC1(c2nc(Cc3ccccc3)no2)CCN(Cc2ncccc2Cl)CC1. The van der Waals surface area contributed by atoms with Gasteiger partial charge in [-0.2, -0.15) is 4.98 Å². The van der Waals surface area contributed by atoms with Crippen molar-refractivity contribution >= 4 is 11.6 Å². The Morgan fingerprint density at radius 1 is 1.14 bits per heavy atom. The van der Waals surface area contributed by atoms with Crippen LogP contribution in [0.2, 0.25) is 5.02 Å². The molecule has 3 heterocycles. The quantitative estimate of drug-likeness (QED) is 0.628. The lowest BCUT2D eigenvalue weighted by Crippen LogP contribution is -2.43. The van der Waals surface area contributed by atoms with Gasteiger partial charge in [0.15, 0.2) is 5.82 Å². The van der Waals surface area contributed by atoms with E-state index in [9.17, 15) is 0 Å². The van der Waals surface area contributed by atoms with Gasteiger partial charge in [-0.1, -0.05) is 47.1 Å². The van der Waals surface area contributed by atoms with Gasteiger partial charge in [0.25, 0.3) is 5.89 Å². The zero-order valence-corrected chi connectivity index (χ0v) is 16.6. The first-order valence-electron chi connectivity index (χ1n) is 9.42. The van der Waals surface area contributed by atoms with E-state index < -0.39 is 5.60 Å². The van der Waals surface area contributed by atoms with Gasteiger partial charge in [-0.3, -0.25) is 9.88 Å². The lowest BCUT2D eigenvalue weighted by molar-refractivity contribution is -0.0839. The Kier molecular flexibility index (Phi) is 5.71. The minimum atomic E-state index is -0.535. The molecule has 1 aliphatic heterocycles. The maximum atomic E-state index is 6.24. The Balaban J connectivity index is 1.42. The van der Waals surface area contributed by atoms with E-state index >= 15 is 0 Å². The second-order valence-corrected chi connectivity index (χ2v) is 7.49. The minimum Gasteiger partial charge on any atom is -0.368 e. The van der Waals surface area contributed by atoms with Crippen LogP contribution in [-0.4, -0.2) is 40.2 Å². The molecule has 1 aromatic carbocycles. The smallest absolute Gasteiger partial charge is 0.258 e. The summed E-state index contributed by atoms with van der Waals surface area (Å²) in [6.45, 7) is 2.41. The summed E-state index contributed by atoms with van der Waals surface area (Å²) in [6.07, 6.45) is 3.98. The van der Waals surface area contributed by atoms with Crippen LogP contribution in [0.3, 0.4) is 0 Å². The molecule has 1 fully saturated rings. The van der Waals surface area contributed by atoms with Crippen molar-refractivity contribution in [1.82, 2.24) is 20.0 Å². The van der Waals surface area contributed by atoms with Crippen LogP contribution in [0.1, 0.15) is 35.8 Å². The zero-order chi connectivity index (χ0) is 19.4. The standard InChI is InChI=1S/C21H23ClN4O2/c1-27-21(20-24-19(25-28-20)14-16-6-3-2-4-7-16)9-12-26(13-10-21)15-18-17(22)8-5-11-23-18/h2-8,11H,9-10,12-15H2,1H3. The highest BCUT2D eigenvalue weighted by molar-refractivity contribution is 6.31. The van der Waals surface area contributed by atoms with Gasteiger partial charge in [-0.25, -0.2) is 0 Å². The maximum absolute atomic E-state index is 6.24. The van der Waals surface area contributed by atoms with Crippen molar-refractivity contribution in [3.8, 4) is 0 Å². The van der Waals surface area contributed by atoms with Crippen molar-refractivity contribution in [2.45, 2.75) is 31.4 Å². The summed E-state index contributed by atoms with van der Waals surface area (Å²) in [7, 11) is 1.71. The van der Waals surface area contributed by atoms with E-state index in [1.807, 2.05) is 30.3 Å². The highest BCUT2D eigenvalue weighted by atomic mass is 35.5. The molecule has 0 saturated carbocycles. The zero-order valence-electron chi connectivity index (χ0n) is 15.8. The van der Waals surface area contributed by atoms with Crippen molar-refractivity contribution < 1.29 is 9.26 Å². The first-order valence-corrected chi connectivity index (χ1v) is 9.80. The molecule has 0 radical (unpaired) electrons. The minimum absolute atomic E-state index is 0.535. The molecule has 28 heavy (non-hydrogen) atoms. The van der Waals surface area contributed by atoms with E-state index in [4.69, 9.17) is 20.9 Å². The Hall–Kier alpha value is -2.28. The first-order chi connectivity index (χ1) is 13.7. The fourth-order valence-corrected chi connectivity index (χ4v) is 3.79. The lowest BCUT2D eigenvalue weighted by Gasteiger charge is -2.38. The molecule has 2 aromatic heterocycles. The highest BCUT2D eigenvalue weighted by Crippen LogP contribution is 2.36. The Labute approximate surface area is 169 Å². The third kappa shape index (κ3) is 4.09. The summed E-state index contributed by atoms with van der Waals surface area (Å²) < 4.78 is 11.5. The average molecular weight is 399 g/mol. The number of piperidine rings is 1. The number of hydrogen-bond acceptors (Lipinski definition) is 6. The monoisotopic (exact) mass is 398 g/mol. The maximum Gasteiger partial charge on any atom is 0.258 e. The summed E-state index contributed by atoms with van der Waals surface area (Å²) in [5.74, 6) is 1.25. The highest BCUT2D eigenvalue weighted by Gasteiger charge is 2.41. The average Bonchev–Trinajstić information content (AvgIpc) is 3.20. The molecule has 6 nitrogen and oxygen atoms in total. The fourth-order valence-electron chi connectivity index (χ4n) is 3.61. The van der Waals surface area contributed by atoms with Crippen LogP contribution in [0, 0.1) is 0 Å². The summed E-state index contributed by atoms with van der Waals surface area (Å²) in [5, 5.41) is 4.87. The van der Waals surface area contributed by atoms with Crippen molar-refractivity contribution in [3.05, 3.63) is 76.7 Å². The second-order valence-electron chi connectivity index (χ2n) is 7.08. The summed E-state index contributed by atoms with van der Waals surface area (Å²) in [6, 6.07) is 13.9. The molecule has 7 heteroatoms. The number of ether oxygens (including phenoxy) is 1. The van der Waals surface area contributed by atoms with Crippen LogP contribution in [-0.2, 0) is 23.3 Å². The van der Waals surface area contributed by atoms with Gasteiger partial charge in [0, 0.05) is 39.4 Å². The number of nitrogens with zero attached hydrogens (tertiary/aromatic N) is 4. The van der Waals surface area contributed by atoms with Crippen LogP contribution in [0.15, 0.2) is 53.2 Å². The second kappa shape index (κ2) is 8.39. The number of hydrogen-bond donors (Lipinski definition) is 0. The number of pyridine rings is 1. The van der Waals surface area contributed by atoms with Crippen LogP contribution < -0.4 is 0 Å². The predicted molar refractivity (Wildman–Crippen MR) is 106 cm³/mol. The van der Waals surface area contributed by atoms with Gasteiger partial charge in [0.2, 0.25) is 0 Å². The molecule has 0 spiro atoms. The van der Waals surface area contributed by atoms with Crippen LogP contribution in [0.25, 0.3) is 0 Å². The molecule has 0 bridgehead atoms. The van der Waals surface area contributed by atoms with E-state index in [-0.39, 0.29) is 0 Å². The molecule has 3 aromatic rings. The van der Waals surface area contributed by atoms with Gasteiger partial charge in [-0.15, -0.1) is 0 Å². The number of aromatic nitrogens is 3. The number of halogens is 1. The van der Waals surface area contributed by atoms with Gasteiger partial charge < -0.3 is 9.26 Å². The predicted octanol–water partition coefficient (Wildman–Crippen LogP) is 3.85. The molecular weight excluding hydrogens is 376 g/mol. The summed E-state index contributed by atoms with van der Waals surface area (Å²) >= 11 is 6.24. The third-order valence-corrected chi connectivity index (χ3v) is 5.67. The molecule has 0 atom stereocenters. The Morgan fingerprint density at radius 2 is 1.93 bits per heavy atom. The van der Waals surface area contributed by atoms with Crippen molar-refractivity contribution in [2.75, 3.05) is 20.2 Å². The summed E-state index contributed by atoms with van der Waals surface area (Å²) in [5.41, 5.74) is 1.52. The van der Waals surface area contributed by atoms with E-state index in [2.05, 4.69) is 32.2 Å². The molecule has 0 unspecified atom stereocenters. The van der Waals surface area contributed by atoms with E-state index in [0.717, 1.165) is 43.7 Å². The number of rotatable bonds is 6. The number of methoxy groups -OCH3 is 1. The number of benzene rings is 1. The molecule has 0 amide bonds. The lowest BCUT2D eigenvalue weighted by atomic mass is 9.90. The van der Waals surface area contributed by atoms with Crippen molar-refractivity contribution in [1.29, 1.82) is 0 Å². The largest absolute Gasteiger partial charge is 0.368 e. The Morgan fingerprint density at radius 3 is 2.64 bits per heavy atom. The van der Waals surface area contributed by atoms with Crippen LogP contribution in [0.4, 0.5) is 0 Å². The first kappa shape index (κ1) is 19.1. The number of likely N-dealkylation sites (tertiary alicyclic amines) is 1. The van der Waals surface area contributed by atoms with E-state index in [1.165, 1.54) is 0 Å². The van der Waals surface area contributed by atoms with E-state index in [1.54, 1.807) is 13.3 Å². The molecular formula is C21H23ClN4O2. The van der Waals surface area contributed by atoms with E-state index in [0.29, 0.717) is 23.2 Å². The molecule has 1 saturated heterocycles. The van der Waals surface area contributed by atoms with Crippen LogP contribution >= 0.6 is 11.6 Å². The topological polar surface area (TPSA) is 64.3 Å². The van der Waals surface area contributed by atoms with Gasteiger partial charge >= 0.3 is 0 Å². The molecule has 146 valence electrons. The molecule has 0 aliphatic carbocycles. The van der Waals surface area contributed by atoms with Gasteiger partial charge in [0.1, 0.15) is 5.60 Å². The normalized spacial score (nSPS) is 16.9. The third-order valence-electron chi connectivity index (χ3n) is 5.33.